The molecule has 3 fully saturated rings. The van der Waals surface area contributed by atoms with Gasteiger partial charge in [0, 0.05) is 0 Å². The lowest BCUT2D eigenvalue weighted by atomic mass is 9.96. The van der Waals surface area contributed by atoms with Crippen LogP contribution in [0, 0.1) is 0 Å². The quantitative estimate of drug-likeness (QED) is 0.167. The standard InChI is InChI=1S/C18H32O15/c1-4-14(32-18-11(25)9(23)7(21)5(2-19)31-18)10(24)12(26)17(29-4)33-15-8(22)6(3-20)30-16(28)13(15)27/h4-28H,2-3H2,1H3/t4-,5+,6+,7+,8-,9-,10-,11-,12+,13+,14-,15-,16+,17-,18+/m0/s1. The summed E-state index contributed by atoms with van der Waals surface area (Å²) in [7, 11) is 0. The minimum absolute atomic E-state index is 0.695. The molecular formula is C18H32O15. The molecule has 0 saturated carbocycles. The molecule has 3 aliphatic rings. The number of aliphatic hydroxyl groups is 10. The zero-order chi connectivity index (χ0) is 24.6. The second kappa shape index (κ2) is 11.0. The lowest BCUT2D eigenvalue weighted by Crippen LogP contribution is -2.65. The Morgan fingerprint density at radius 2 is 1.06 bits per heavy atom. The molecule has 3 heterocycles. The predicted molar refractivity (Wildman–Crippen MR) is 99.8 cm³/mol. The maximum atomic E-state index is 10.6. The number of ether oxygens (including phenoxy) is 5. The molecule has 15 atom stereocenters. The van der Waals surface area contributed by atoms with E-state index < -0.39 is 105 Å². The lowest BCUT2D eigenvalue weighted by molar-refractivity contribution is -0.374. The molecule has 0 spiro atoms. The molecule has 3 rings (SSSR count). The van der Waals surface area contributed by atoms with Crippen LogP contribution in [0.2, 0.25) is 0 Å². The molecule has 194 valence electrons. The Morgan fingerprint density at radius 3 is 1.67 bits per heavy atom. The first kappa shape index (κ1) is 27.0. The van der Waals surface area contributed by atoms with Gasteiger partial charge < -0.3 is 74.7 Å². The average molecular weight is 488 g/mol. The van der Waals surface area contributed by atoms with E-state index >= 15 is 0 Å². The van der Waals surface area contributed by atoms with Gasteiger partial charge in [-0.3, -0.25) is 0 Å². The molecule has 0 radical (unpaired) electrons. The molecule has 3 aliphatic heterocycles. The first-order chi connectivity index (χ1) is 15.5. The van der Waals surface area contributed by atoms with Crippen molar-refractivity contribution in [2.45, 2.75) is 99.0 Å². The number of hydrogen-bond donors (Lipinski definition) is 10. The number of hydrogen-bond acceptors (Lipinski definition) is 15. The second-order valence-corrected chi connectivity index (χ2v) is 8.32. The van der Waals surface area contributed by atoms with Crippen LogP contribution >= 0.6 is 0 Å². The van der Waals surface area contributed by atoms with Crippen LogP contribution in [0.4, 0.5) is 0 Å². The Kier molecular flexibility index (Phi) is 8.99. The molecule has 0 amide bonds. The third-order valence-corrected chi connectivity index (χ3v) is 6.05. The topological polar surface area (TPSA) is 248 Å². The largest absolute Gasteiger partial charge is 0.394 e. The van der Waals surface area contributed by atoms with E-state index in [9.17, 15) is 51.1 Å². The number of rotatable bonds is 6. The minimum atomic E-state index is -1.82. The highest BCUT2D eigenvalue weighted by Gasteiger charge is 2.52. The van der Waals surface area contributed by atoms with E-state index in [1.165, 1.54) is 6.92 Å². The normalized spacial score (nSPS) is 53.7. The van der Waals surface area contributed by atoms with E-state index in [0.717, 1.165) is 0 Å². The summed E-state index contributed by atoms with van der Waals surface area (Å²) >= 11 is 0. The van der Waals surface area contributed by atoms with Gasteiger partial charge in [0.1, 0.15) is 67.1 Å². The zero-order valence-corrected chi connectivity index (χ0v) is 17.6. The molecule has 15 nitrogen and oxygen atoms in total. The highest BCUT2D eigenvalue weighted by atomic mass is 16.7. The van der Waals surface area contributed by atoms with Crippen molar-refractivity contribution in [2.24, 2.45) is 0 Å². The Labute approximate surface area is 187 Å². The summed E-state index contributed by atoms with van der Waals surface area (Å²) in [4.78, 5) is 0. The summed E-state index contributed by atoms with van der Waals surface area (Å²) in [6.07, 6.45) is -23.5. The Hall–Kier alpha value is -0.600. The highest BCUT2D eigenvalue weighted by molar-refractivity contribution is 4.95. The molecule has 0 aromatic heterocycles. The molecule has 10 N–H and O–H groups in total. The maximum absolute atomic E-state index is 10.6. The monoisotopic (exact) mass is 488 g/mol. The summed E-state index contributed by atoms with van der Waals surface area (Å²) in [5.74, 6) is 0. The number of aliphatic hydroxyl groups excluding tert-OH is 10. The highest BCUT2D eigenvalue weighted by Crippen LogP contribution is 2.31. The Balaban J connectivity index is 1.67. The van der Waals surface area contributed by atoms with Gasteiger partial charge in [-0.15, -0.1) is 0 Å². The SMILES string of the molecule is C[C@@H]1O[C@@H](O[C@@H]2[C@@H](O)[C@H](O)O[C@H](CO)[C@@H]2O)[C@H](O)[C@H](O)[C@H]1O[C@H]1O[C@H](CO)[C@@H](O)[C@H](O)[C@@H]1O. The average Bonchev–Trinajstić information content (AvgIpc) is 2.79. The van der Waals surface area contributed by atoms with E-state index in [-0.39, 0.29) is 0 Å². The van der Waals surface area contributed by atoms with Gasteiger partial charge in [-0.05, 0) is 6.92 Å². The van der Waals surface area contributed by atoms with Crippen molar-refractivity contribution in [3.05, 3.63) is 0 Å². The van der Waals surface area contributed by atoms with Crippen LogP contribution in [-0.4, -0.2) is 156 Å². The van der Waals surface area contributed by atoms with Gasteiger partial charge in [0.25, 0.3) is 0 Å². The molecule has 33 heavy (non-hydrogen) atoms. The van der Waals surface area contributed by atoms with E-state index in [4.69, 9.17) is 23.7 Å². The second-order valence-electron chi connectivity index (χ2n) is 8.32. The van der Waals surface area contributed by atoms with Crippen molar-refractivity contribution in [1.29, 1.82) is 0 Å². The predicted octanol–water partition coefficient (Wildman–Crippen LogP) is -6.55. The summed E-state index contributed by atoms with van der Waals surface area (Å²) in [6.45, 7) is 0.00827. The van der Waals surface area contributed by atoms with E-state index in [0.29, 0.717) is 0 Å². The van der Waals surface area contributed by atoms with Crippen molar-refractivity contribution in [2.75, 3.05) is 13.2 Å². The van der Waals surface area contributed by atoms with E-state index in [2.05, 4.69) is 0 Å². The van der Waals surface area contributed by atoms with E-state index in [1.807, 2.05) is 0 Å². The third-order valence-electron chi connectivity index (χ3n) is 6.05. The first-order valence-corrected chi connectivity index (χ1v) is 10.4. The molecule has 0 unspecified atom stereocenters. The Morgan fingerprint density at radius 1 is 0.545 bits per heavy atom. The fraction of sp³-hybridized carbons (Fsp3) is 1.00. The fourth-order valence-electron chi connectivity index (χ4n) is 4.02. The van der Waals surface area contributed by atoms with Crippen LogP contribution in [0.1, 0.15) is 6.92 Å². The van der Waals surface area contributed by atoms with Gasteiger partial charge in [0.2, 0.25) is 0 Å². The van der Waals surface area contributed by atoms with Gasteiger partial charge in [-0.1, -0.05) is 0 Å². The summed E-state index contributed by atoms with van der Waals surface area (Å²) < 4.78 is 26.5. The van der Waals surface area contributed by atoms with Crippen LogP contribution in [0.5, 0.6) is 0 Å². The molecule has 0 aromatic carbocycles. The summed E-state index contributed by atoms with van der Waals surface area (Å²) in [5.41, 5.74) is 0. The first-order valence-electron chi connectivity index (χ1n) is 10.4. The van der Waals surface area contributed by atoms with Crippen molar-refractivity contribution in [1.82, 2.24) is 0 Å². The molecule has 0 bridgehead atoms. The van der Waals surface area contributed by atoms with Crippen molar-refractivity contribution in [3.8, 4) is 0 Å². The van der Waals surface area contributed by atoms with Crippen LogP contribution in [0.25, 0.3) is 0 Å². The van der Waals surface area contributed by atoms with Crippen molar-refractivity contribution in [3.63, 3.8) is 0 Å². The van der Waals surface area contributed by atoms with Gasteiger partial charge in [0.05, 0.1) is 19.3 Å². The lowest BCUT2D eigenvalue weighted by Gasteiger charge is -2.47. The third kappa shape index (κ3) is 5.32. The smallest absolute Gasteiger partial charge is 0.187 e. The van der Waals surface area contributed by atoms with Gasteiger partial charge in [0.15, 0.2) is 18.9 Å². The summed E-state index contributed by atoms with van der Waals surface area (Å²) in [5, 5.41) is 99.5. The van der Waals surface area contributed by atoms with Gasteiger partial charge >= 0.3 is 0 Å². The van der Waals surface area contributed by atoms with Crippen molar-refractivity contribution >= 4 is 0 Å². The van der Waals surface area contributed by atoms with E-state index in [1.54, 1.807) is 0 Å². The molecular weight excluding hydrogens is 456 g/mol. The maximum Gasteiger partial charge on any atom is 0.187 e. The van der Waals surface area contributed by atoms with Crippen molar-refractivity contribution < 1.29 is 74.7 Å². The molecule has 15 heteroatoms. The van der Waals surface area contributed by atoms with Gasteiger partial charge in [-0.2, -0.15) is 0 Å². The molecule has 0 aliphatic carbocycles. The zero-order valence-electron chi connectivity index (χ0n) is 17.6. The van der Waals surface area contributed by atoms with Gasteiger partial charge in [-0.25, -0.2) is 0 Å². The van der Waals surface area contributed by atoms with Crippen LogP contribution in [-0.2, 0) is 23.7 Å². The Bertz CT molecular complexity index is 624. The minimum Gasteiger partial charge on any atom is -0.394 e. The molecule has 0 aromatic rings. The van der Waals surface area contributed by atoms with Crippen LogP contribution in [0.15, 0.2) is 0 Å². The summed E-state index contributed by atoms with van der Waals surface area (Å²) in [6, 6.07) is 0. The van der Waals surface area contributed by atoms with Crippen LogP contribution in [0.3, 0.4) is 0 Å². The fourth-order valence-corrected chi connectivity index (χ4v) is 4.02. The van der Waals surface area contributed by atoms with Crippen LogP contribution < -0.4 is 0 Å². The molecule has 3 saturated heterocycles.